The third-order valence-corrected chi connectivity index (χ3v) is 5.22. The van der Waals surface area contributed by atoms with E-state index in [0.717, 1.165) is 38.6 Å². The molecule has 0 bridgehead atoms. The molecule has 3 fully saturated rings. The first-order valence-electron chi connectivity index (χ1n) is 7.86. The molecule has 4 heteroatoms. The van der Waals surface area contributed by atoms with E-state index in [-0.39, 0.29) is 5.60 Å². The Hall–Kier alpha value is -0.160. The second-order valence-corrected chi connectivity index (χ2v) is 6.53. The van der Waals surface area contributed by atoms with Crippen LogP contribution in [0.4, 0.5) is 0 Å². The summed E-state index contributed by atoms with van der Waals surface area (Å²) >= 11 is 0. The second-order valence-electron chi connectivity index (χ2n) is 6.53. The first-order valence-corrected chi connectivity index (χ1v) is 7.86. The van der Waals surface area contributed by atoms with Crippen LogP contribution in [0.2, 0.25) is 0 Å². The molecular weight excluding hydrogens is 240 g/mol. The summed E-state index contributed by atoms with van der Waals surface area (Å²) in [5.74, 6) is 0.929. The number of methoxy groups -OCH3 is 1. The summed E-state index contributed by atoms with van der Waals surface area (Å²) in [5, 5.41) is 3.75. The Morgan fingerprint density at radius 2 is 2.26 bits per heavy atom. The first kappa shape index (κ1) is 13.8. The lowest BCUT2D eigenvalue weighted by Gasteiger charge is -2.44. The van der Waals surface area contributed by atoms with Gasteiger partial charge in [-0.25, -0.2) is 0 Å². The van der Waals surface area contributed by atoms with Gasteiger partial charge < -0.3 is 14.8 Å². The molecule has 2 heterocycles. The minimum Gasteiger partial charge on any atom is -0.378 e. The average Bonchev–Trinajstić information content (AvgIpc) is 3.19. The van der Waals surface area contributed by atoms with Gasteiger partial charge in [0.25, 0.3) is 0 Å². The Morgan fingerprint density at radius 1 is 1.42 bits per heavy atom. The van der Waals surface area contributed by atoms with Gasteiger partial charge in [-0.05, 0) is 25.2 Å². The maximum atomic E-state index is 5.82. The average molecular weight is 268 g/mol. The number of piperazine rings is 1. The molecule has 3 unspecified atom stereocenters. The van der Waals surface area contributed by atoms with Crippen LogP contribution in [0.5, 0.6) is 0 Å². The monoisotopic (exact) mass is 268 g/mol. The van der Waals surface area contributed by atoms with Crippen LogP contribution in [0.3, 0.4) is 0 Å². The zero-order chi connectivity index (χ0) is 13.3. The number of nitrogens with one attached hydrogen (secondary N) is 1. The first-order chi connectivity index (χ1) is 9.26. The predicted octanol–water partition coefficient (Wildman–Crippen LogP) is 1.25. The maximum Gasteiger partial charge on any atom is 0.106 e. The minimum atomic E-state index is -0.0567. The predicted molar refractivity (Wildman–Crippen MR) is 75.3 cm³/mol. The molecule has 2 aliphatic heterocycles. The fourth-order valence-corrected chi connectivity index (χ4v) is 3.60. The Labute approximate surface area is 116 Å². The van der Waals surface area contributed by atoms with Gasteiger partial charge in [0.15, 0.2) is 0 Å². The Balaban J connectivity index is 1.64. The quantitative estimate of drug-likeness (QED) is 0.814. The topological polar surface area (TPSA) is 33.7 Å². The third-order valence-electron chi connectivity index (χ3n) is 5.22. The molecule has 1 N–H and O–H groups in total. The highest BCUT2D eigenvalue weighted by Gasteiger charge is 2.42. The summed E-state index contributed by atoms with van der Waals surface area (Å²) in [5.41, 5.74) is -0.0567. The van der Waals surface area contributed by atoms with E-state index in [4.69, 9.17) is 9.47 Å². The SMILES string of the molecule is CCC1CNC(C2CC2)CN1CC1(OC)CCOC1. The summed E-state index contributed by atoms with van der Waals surface area (Å²) in [4.78, 5) is 2.66. The molecule has 3 aliphatic rings. The van der Waals surface area contributed by atoms with Gasteiger partial charge in [-0.1, -0.05) is 6.92 Å². The van der Waals surface area contributed by atoms with Gasteiger partial charge in [-0.2, -0.15) is 0 Å². The highest BCUT2D eigenvalue weighted by atomic mass is 16.5. The Bertz CT molecular complexity index is 301. The molecule has 4 nitrogen and oxygen atoms in total. The van der Waals surface area contributed by atoms with Gasteiger partial charge >= 0.3 is 0 Å². The van der Waals surface area contributed by atoms with Crippen molar-refractivity contribution in [3.05, 3.63) is 0 Å². The van der Waals surface area contributed by atoms with Gasteiger partial charge in [0.2, 0.25) is 0 Å². The van der Waals surface area contributed by atoms with E-state index < -0.39 is 0 Å². The molecule has 3 atom stereocenters. The second kappa shape index (κ2) is 5.68. The van der Waals surface area contributed by atoms with Crippen LogP contribution < -0.4 is 5.32 Å². The zero-order valence-electron chi connectivity index (χ0n) is 12.4. The van der Waals surface area contributed by atoms with E-state index in [1.54, 1.807) is 0 Å². The van der Waals surface area contributed by atoms with Gasteiger partial charge in [-0.15, -0.1) is 0 Å². The lowest BCUT2D eigenvalue weighted by Crippen LogP contribution is -2.60. The smallest absolute Gasteiger partial charge is 0.106 e. The Kier molecular flexibility index (Phi) is 4.13. The third kappa shape index (κ3) is 2.97. The van der Waals surface area contributed by atoms with Crippen molar-refractivity contribution in [2.45, 2.75) is 50.3 Å². The van der Waals surface area contributed by atoms with Gasteiger partial charge in [0, 0.05) is 51.9 Å². The molecule has 0 radical (unpaired) electrons. The van der Waals surface area contributed by atoms with Crippen molar-refractivity contribution in [3.8, 4) is 0 Å². The van der Waals surface area contributed by atoms with E-state index in [1.165, 1.54) is 25.8 Å². The normalized spacial score (nSPS) is 40.7. The Morgan fingerprint density at radius 3 is 2.84 bits per heavy atom. The van der Waals surface area contributed by atoms with E-state index >= 15 is 0 Å². The molecule has 2 saturated heterocycles. The minimum absolute atomic E-state index is 0.0567. The number of rotatable bonds is 5. The van der Waals surface area contributed by atoms with Crippen LogP contribution in [0.15, 0.2) is 0 Å². The highest BCUT2D eigenvalue weighted by Crippen LogP contribution is 2.35. The van der Waals surface area contributed by atoms with Crippen molar-refractivity contribution in [2.24, 2.45) is 5.92 Å². The summed E-state index contributed by atoms with van der Waals surface area (Å²) in [6, 6.07) is 1.36. The van der Waals surface area contributed by atoms with Crippen LogP contribution in [0.1, 0.15) is 32.6 Å². The summed E-state index contributed by atoms with van der Waals surface area (Å²) in [7, 11) is 1.84. The molecule has 0 aromatic heterocycles. The molecule has 1 saturated carbocycles. The molecular formula is C15H28N2O2. The van der Waals surface area contributed by atoms with E-state index in [0.29, 0.717) is 12.1 Å². The van der Waals surface area contributed by atoms with Crippen molar-refractivity contribution < 1.29 is 9.47 Å². The van der Waals surface area contributed by atoms with Crippen LogP contribution in [0.25, 0.3) is 0 Å². The molecule has 0 aromatic carbocycles. The van der Waals surface area contributed by atoms with Gasteiger partial charge in [0.05, 0.1) is 6.61 Å². The van der Waals surface area contributed by atoms with E-state index in [9.17, 15) is 0 Å². The van der Waals surface area contributed by atoms with Crippen LogP contribution >= 0.6 is 0 Å². The lowest BCUT2D eigenvalue weighted by molar-refractivity contribution is -0.0561. The summed E-state index contributed by atoms with van der Waals surface area (Å²) < 4.78 is 11.4. The van der Waals surface area contributed by atoms with Crippen molar-refractivity contribution >= 4 is 0 Å². The van der Waals surface area contributed by atoms with Crippen molar-refractivity contribution in [3.63, 3.8) is 0 Å². The molecule has 19 heavy (non-hydrogen) atoms. The van der Waals surface area contributed by atoms with Crippen molar-refractivity contribution in [2.75, 3.05) is 40.0 Å². The number of hydrogen-bond donors (Lipinski definition) is 1. The fourth-order valence-electron chi connectivity index (χ4n) is 3.60. The molecule has 0 amide bonds. The van der Waals surface area contributed by atoms with Crippen molar-refractivity contribution in [1.29, 1.82) is 0 Å². The van der Waals surface area contributed by atoms with Crippen LogP contribution in [0, 0.1) is 5.92 Å². The summed E-state index contributed by atoms with van der Waals surface area (Å²) in [6.45, 7) is 7.27. The standard InChI is InChI=1S/C15H28N2O2/c1-3-13-8-16-14(12-4-5-12)9-17(13)10-15(18-2)6-7-19-11-15/h12-14,16H,3-11H2,1-2H3. The summed E-state index contributed by atoms with van der Waals surface area (Å²) in [6.07, 6.45) is 5.09. The largest absolute Gasteiger partial charge is 0.378 e. The molecule has 0 aromatic rings. The number of hydrogen-bond acceptors (Lipinski definition) is 4. The van der Waals surface area contributed by atoms with E-state index in [2.05, 4.69) is 17.1 Å². The number of nitrogens with zero attached hydrogens (tertiary/aromatic N) is 1. The lowest BCUT2D eigenvalue weighted by atomic mass is 9.97. The molecule has 1 aliphatic carbocycles. The highest BCUT2D eigenvalue weighted by molar-refractivity contribution is 4.97. The van der Waals surface area contributed by atoms with Crippen molar-refractivity contribution in [1.82, 2.24) is 10.2 Å². The molecule has 110 valence electrons. The number of ether oxygens (including phenoxy) is 2. The van der Waals surface area contributed by atoms with Crippen LogP contribution in [-0.2, 0) is 9.47 Å². The fraction of sp³-hybridized carbons (Fsp3) is 1.00. The molecule has 3 rings (SSSR count). The molecule has 0 spiro atoms. The van der Waals surface area contributed by atoms with Crippen LogP contribution in [-0.4, -0.2) is 62.5 Å². The van der Waals surface area contributed by atoms with E-state index in [1.807, 2.05) is 7.11 Å². The van der Waals surface area contributed by atoms with Gasteiger partial charge in [-0.3, -0.25) is 4.90 Å². The zero-order valence-corrected chi connectivity index (χ0v) is 12.4. The maximum absolute atomic E-state index is 5.82. The van der Waals surface area contributed by atoms with Gasteiger partial charge in [0.1, 0.15) is 5.60 Å².